The monoisotopic (exact) mass is 258 g/mol. The largest absolute Gasteiger partial charge is 0.507 e. The molecule has 0 unspecified atom stereocenters. The number of rotatable bonds is 2. The van der Waals surface area contributed by atoms with Crippen molar-refractivity contribution in [1.82, 2.24) is 10.1 Å². The zero-order valence-corrected chi connectivity index (χ0v) is 10.4. The van der Waals surface area contributed by atoms with Gasteiger partial charge in [0.1, 0.15) is 5.75 Å². The maximum Gasteiger partial charge on any atom is 0.262 e. The molecule has 0 aliphatic carbocycles. The minimum atomic E-state index is 0.149. The Morgan fingerprint density at radius 3 is 2.89 bits per heavy atom. The van der Waals surface area contributed by atoms with Crippen LogP contribution in [-0.2, 0) is 0 Å². The molecule has 18 heavy (non-hydrogen) atoms. The fourth-order valence-corrected chi connectivity index (χ4v) is 2.31. The average Bonchev–Trinajstić information content (AvgIpc) is 2.99. The van der Waals surface area contributed by atoms with E-state index in [2.05, 4.69) is 10.1 Å². The Morgan fingerprint density at radius 1 is 1.28 bits per heavy atom. The summed E-state index contributed by atoms with van der Waals surface area (Å²) in [7, 11) is 0. The summed E-state index contributed by atoms with van der Waals surface area (Å²) in [5.41, 5.74) is 1.53. The number of aryl methyl sites for hydroxylation is 1. The summed E-state index contributed by atoms with van der Waals surface area (Å²) in [6.45, 7) is 1.91. The lowest BCUT2D eigenvalue weighted by Crippen LogP contribution is -1.81. The molecule has 0 aliphatic rings. The minimum Gasteiger partial charge on any atom is -0.507 e. The van der Waals surface area contributed by atoms with Gasteiger partial charge in [-0.25, -0.2) is 0 Å². The average molecular weight is 258 g/mol. The molecule has 0 amide bonds. The van der Waals surface area contributed by atoms with Crippen LogP contribution >= 0.6 is 11.3 Å². The lowest BCUT2D eigenvalue weighted by Gasteiger charge is -1.99. The van der Waals surface area contributed by atoms with E-state index in [1.807, 2.05) is 30.5 Å². The Morgan fingerprint density at radius 2 is 2.17 bits per heavy atom. The second-order valence-corrected chi connectivity index (χ2v) is 4.87. The summed E-state index contributed by atoms with van der Waals surface area (Å²) in [5.74, 6) is 1.02. The van der Waals surface area contributed by atoms with E-state index in [0.717, 1.165) is 10.4 Å². The molecular formula is C13H10N2O2S. The van der Waals surface area contributed by atoms with Gasteiger partial charge >= 0.3 is 0 Å². The molecule has 3 aromatic rings. The highest BCUT2D eigenvalue weighted by Crippen LogP contribution is 2.30. The standard InChI is InChI=1S/C13H10N2O2S/c1-8-4-5-9(10(16)7-8)13-14-12(15-17-13)11-3-2-6-18-11/h2-7,16H,1H3. The predicted octanol–water partition coefficient (Wildman–Crippen LogP) is 3.48. The van der Waals surface area contributed by atoms with Gasteiger partial charge in [-0.3, -0.25) is 0 Å². The van der Waals surface area contributed by atoms with E-state index < -0.39 is 0 Å². The first kappa shape index (κ1) is 11.0. The molecule has 0 saturated carbocycles. The van der Waals surface area contributed by atoms with Gasteiger partial charge in [0.25, 0.3) is 5.89 Å². The molecule has 90 valence electrons. The van der Waals surface area contributed by atoms with Gasteiger partial charge < -0.3 is 9.63 Å². The summed E-state index contributed by atoms with van der Waals surface area (Å²) in [6.07, 6.45) is 0. The summed E-state index contributed by atoms with van der Waals surface area (Å²) < 4.78 is 5.18. The molecule has 0 saturated heterocycles. The van der Waals surface area contributed by atoms with E-state index >= 15 is 0 Å². The van der Waals surface area contributed by atoms with Gasteiger partial charge in [-0.1, -0.05) is 17.3 Å². The Balaban J connectivity index is 2.03. The number of hydrogen-bond acceptors (Lipinski definition) is 5. The first-order chi connectivity index (χ1) is 8.74. The Bertz CT molecular complexity index is 674. The number of phenolic OH excluding ortho intramolecular Hbond substituents is 1. The molecule has 0 bridgehead atoms. The summed E-state index contributed by atoms with van der Waals surface area (Å²) in [6, 6.07) is 9.19. The van der Waals surface area contributed by atoms with Crippen molar-refractivity contribution in [3.8, 4) is 27.9 Å². The van der Waals surface area contributed by atoms with Gasteiger partial charge in [0.05, 0.1) is 10.4 Å². The van der Waals surface area contributed by atoms with Crippen molar-refractivity contribution in [3.63, 3.8) is 0 Å². The lowest BCUT2D eigenvalue weighted by atomic mass is 10.1. The van der Waals surface area contributed by atoms with Crippen molar-refractivity contribution in [3.05, 3.63) is 41.3 Å². The fourth-order valence-electron chi connectivity index (χ4n) is 1.66. The SMILES string of the molecule is Cc1ccc(-c2nc(-c3cccs3)no2)c(O)c1. The van der Waals surface area contributed by atoms with Crippen molar-refractivity contribution >= 4 is 11.3 Å². The van der Waals surface area contributed by atoms with Crippen LogP contribution in [0.15, 0.2) is 40.2 Å². The molecule has 1 N–H and O–H groups in total. The summed E-state index contributed by atoms with van der Waals surface area (Å²) in [5, 5.41) is 15.7. The molecule has 0 atom stereocenters. The fraction of sp³-hybridized carbons (Fsp3) is 0.0769. The number of benzene rings is 1. The van der Waals surface area contributed by atoms with E-state index in [4.69, 9.17) is 4.52 Å². The topological polar surface area (TPSA) is 59.2 Å². The number of thiophene rings is 1. The van der Waals surface area contributed by atoms with Crippen LogP contribution in [0.5, 0.6) is 5.75 Å². The first-order valence-corrected chi connectivity index (χ1v) is 6.29. The Kier molecular flexibility index (Phi) is 2.60. The van der Waals surface area contributed by atoms with Gasteiger partial charge in [0.15, 0.2) is 0 Å². The number of hydrogen-bond donors (Lipinski definition) is 1. The van der Waals surface area contributed by atoms with E-state index in [1.165, 1.54) is 0 Å². The second-order valence-electron chi connectivity index (χ2n) is 3.92. The lowest BCUT2D eigenvalue weighted by molar-refractivity contribution is 0.426. The van der Waals surface area contributed by atoms with Crippen LogP contribution in [0.2, 0.25) is 0 Å². The Labute approximate surface area is 108 Å². The van der Waals surface area contributed by atoms with Crippen molar-refractivity contribution in [2.24, 2.45) is 0 Å². The molecule has 2 heterocycles. The molecular weight excluding hydrogens is 248 g/mol. The predicted molar refractivity (Wildman–Crippen MR) is 69.4 cm³/mol. The van der Waals surface area contributed by atoms with Crippen molar-refractivity contribution in [2.75, 3.05) is 0 Å². The molecule has 4 nitrogen and oxygen atoms in total. The molecule has 0 fully saturated rings. The van der Waals surface area contributed by atoms with Crippen molar-refractivity contribution in [2.45, 2.75) is 6.92 Å². The van der Waals surface area contributed by atoms with Crippen LogP contribution in [0.3, 0.4) is 0 Å². The second kappa shape index (κ2) is 4.27. The highest BCUT2D eigenvalue weighted by atomic mass is 32.1. The zero-order chi connectivity index (χ0) is 12.5. The van der Waals surface area contributed by atoms with Gasteiger partial charge in [-0.15, -0.1) is 11.3 Å². The number of phenols is 1. The van der Waals surface area contributed by atoms with Crippen LogP contribution in [0.1, 0.15) is 5.56 Å². The van der Waals surface area contributed by atoms with Crippen LogP contribution in [0.25, 0.3) is 22.2 Å². The molecule has 3 rings (SSSR count). The van der Waals surface area contributed by atoms with E-state index in [0.29, 0.717) is 17.3 Å². The van der Waals surface area contributed by atoms with E-state index in [1.54, 1.807) is 23.5 Å². The zero-order valence-electron chi connectivity index (χ0n) is 9.62. The van der Waals surface area contributed by atoms with Crippen LogP contribution in [0, 0.1) is 6.92 Å². The molecule has 0 radical (unpaired) electrons. The van der Waals surface area contributed by atoms with Gasteiger partial charge in [0, 0.05) is 0 Å². The normalized spacial score (nSPS) is 10.7. The molecule has 2 aromatic heterocycles. The minimum absolute atomic E-state index is 0.149. The van der Waals surface area contributed by atoms with Gasteiger partial charge in [-0.05, 0) is 36.1 Å². The molecule has 0 spiro atoms. The van der Waals surface area contributed by atoms with E-state index in [-0.39, 0.29) is 5.75 Å². The van der Waals surface area contributed by atoms with Crippen molar-refractivity contribution < 1.29 is 9.63 Å². The van der Waals surface area contributed by atoms with Crippen LogP contribution < -0.4 is 0 Å². The Hall–Kier alpha value is -2.14. The maximum absolute atomic E-state index is 9.86. The highest BCUT2D eigenvalue weighted by Gasteiger charge is 2.14. The van der Waals surface area contributed by atoms with Gasteiger partial charge in [0.2, 0.25) is 5.82 Å². The molecule has 1 aromatic carbocycles. The smallest absolute Gasteiger partial charge is 0.262 e. The van der Waals surface area contributed by atoms with Crippen LogP contribution in [0.4, 0.5) is 0 Å². The first-order valence-electron chi connectivity index (χ1n) is 5.41. The number of nitrogens with zero attached hydrogens (tertiary/aromatic N) is 2. The highest BCUT2D eigenvalue weighted by molar-refractivity contribution is 7.13. The van der Waals surface area contributed by atoms with Crippen molar-refractivity contribution in [1.29, 1.82) is 0 Å². The third kappa shape index (κ3) is 1.89. The number of aromatic nitrogens is 2. The van der Waals surface area contributed by atoms with Gasteiger partial charge in [-0.2, -0.15) is 4.98 Å². The van der Waals surface area contributed by atoms with Crippen LogP contribution in [-0.4, -0.2) is 15.2 Å². The molecule has 5 heteroatoms. The maximum atomic E-state index is 9.86. The summed E-state index contributed by atoms with van der Waals surface area (Å²) in [4.78, 5) is 5.23. The third-order valence-corrected chi connectivity index (χ3v) is 3.42. The third-order valence-electron chi connectivity index (χ3n) is 2.55. The quantitative estimate of drug-likeness (QED) is 0.764. The number of aromatic hydroxyl groups is 1. The summed E-state index contributed by atoms with van der Waals surface area (Å²) >= 11 is 1.54. The van der Waals surface area contributed by atoms with E-state index in [9.17, 15) is 5.11 Å². The molecule has 0 aliphatic heterocycles.